The van der Waals surface area contributed by atoms with Gasteiger partial charge in [-0.25, -0.2) is 8.42 Å². The van der Waals surface area contributed by atoms with E-state index in [0.717, 1.165) is 38.0 Å². The predicted molar refractivity (Wildman–Crippen MR) is 82.7 cm³/mol. The third-order valence-corrected chi connectivity index (χ3v) is 5.15. The molecule has 1 fully saturated rings. The molecule has 1 aromatic rings. The monoisotopic (exact) mass is 328 g/mol. The Morgan fingerprint density at radius 1 is 1.41 bits per heavy atom. The number of aliphatic hydroxyl groups is 1. The molecular formula is C14H20N2O5S. The molecule has 0 bridgehead atoms. The number of hydrogen-bond donors (Lipinski definition) is 2. The van der Waals surface area contributed by atoms with Crippen molar-refractivity contribution in [2.75, 3.05) is 18.1 Å². The van der Waals surface area contributed by atoms with Crippen LogP contribution in [0.1, 0.15) is 25.7 Å². The van der Waals surface area contributed by atoms with Gasteiger partial charge < -0.3 is 10.4 Å². The van der Waals surface area contributed by atoms with E-state index in [1.165, 1.54) is 12.1 Å². The Hall–Kier alpha value is -1.67. The van der Waals surface area contributed by atoms with Crippen LogP contribution in [0.4, 0.5) is 11.4 Å². The molecule has 0 aliphatic heterocycles. The molecule has 8 heteroatoms. The van der Waals surface area contributed by atoms with Crippen molar-refractivity contribution in [1.29, 1.82) is 0 Å². The van der Waals surface area contributed by atoms with Crippen LogP contribution >= 0.6 is 0 Å². The quantitative estimate of drug-likeness (QED) is 0.610. The van der Waals surface area contributed by atoms with Crippen molar-refractivity contribution in [2.45, 2.75) is 36.7 Å². The topological polar surface area (TPSA) is 110 Å². The first-order chi connectivity index (χ1) is 10.3. The molecule has 122 valence electrons. The van der Waals surface area contributed by atoms with Crippen LogP contribution in [-0.4, -0.2) is 37.4 Å². The van der Waals surface area contributed by atoms with Gasteiger partial charge in [0.2, 0.25) is 0 Å². The maximum absolute atomic E-state index is 11.5. The summed E-state index contributed by atoms with van der Waals surface area (Å²) >= 11 is 0. The molecule has 0 spiro atoms. The van der Waals surface area contributed by atoms with E-state index < -0.39 is 20.9 Å². The third kappa shape index (κ3) is 3.95. The highest BCUT2D eigenvalue weighted by Gasteiger charge is 2.24. The number of aliphatic hydroxyl groups excluding tert-OH is 1. The summed E-state index contributed by atoms with van der Waals surface area (Å²) in [6, 6.07) is 3.74. The Kier molecular flexibility index (Phi) is 5.02. The van der Waals surface area contributed by atoms with E-state index in [0.29, 0.717) is 0 Å². The van der Waals surface area contributed by atoms with Crippen LogP contribution < -0.4 is 5.32 Å². The van der Waals surface area contributed by atoms with Gasteiger partial charge in [0.25, 0.3) is 5.69 Å². The molecule has 0 heterocycles. The summed E-state index contributed by atoms with van der Waals surface area (Å²) in [7, 11) is -3.50. The Labute approximate surface area is 129 Å². The lowest BCUT2D eigenvalue weighted by Crippen LogP contribution is -2.26. The van der Waals surface area contributed by atoms with Crippen LogP contribution in [0.3, 0.4) is 0 Å². The van der Waals surface area contributed by atoms with E-state index in [2.05, 4.69) is 5.32 Å². The van der Waals surface area contributed by atoms with Crippen molar-refractivity contribution < 1.29 is 18.4 Å². The second-order valence-electron chi connectivity index (χ2n) is 5.70. The molecular weight excluding hydrogens is 308 g/mol. The minimum Gasteiger partial charge on any atom is -0.391 e. The number of nitrogens with zero attached hydrogens (tertiary/aromatic N) is 1. The van der Waals surface area contributed by atoms with Gasteiger partial charge >= 0.3 is 0 Å². The molecule has 1 aliphatic carbocycles. The zero-order chi connectivity index (χ0) is 16.3. The minimum atomic E-state index is -3.50. The number of anilines is 1. The highest BCUT2D eigenvalue weighted by atomic mass is 32.2. The summed E-state index contributed by atoms with van der Waals surface area (Å²) in [5.41, 5.74) is -0.0870. The summed E-state index contributed by atoms with van der Waals surface area (Å²) in [5.74, 6) is 0.224. The highest BCUT2D eigenvalue weighted by Crippen LogP contribution is 2.30. The largest absolute Gasteiger partial charge is 0.391 e. The lowest BCUT2D eigenvalue weighted by atomic mass is 10.0. The van der Waals surface area contributed by atoms with Gasteiger partial charge in [0.05, 0.1) is 15.9 Å². The van der Waals surface area contributed by atoms with Crippen LogP contribution in [0.2, 0.25) is 0 Å². The first-order valence-electron chi connectivity index (χ1n) is 7.19. The molecule has 1 unspecified atom stereocenters. The van der Waals surface area contributed by atoms with Gasteiger partial charge in [-0.1, -0.05) is 12.8 Å². The standard InChI is InChI=1S/C14H20N2O5S/c1-22(20,21)11-6-7-12(13(8-11)16(18)19)15-9-14(17)10-4-2-3-5-10/h6-8,10,14-15,17H,2-5,9H2,1H3. The van der Waals surface area contributed by atoms with Gasteiger partial charge in [0.15, 0.2) is 9.84 Å². The minimum absolute atomic E-state index is 0.0962. The van der Waals surface area contributed by atoms with Crippen molar-refractivity contribution in [3.8, 4) is 0 Å². The van der Waals surface area contributed by atoms with Gasteiger partial charge in [0.1, 0.15) is 5.69 Å². The Morgan fingerprint density at radius 2 is 2.05 bits per heavy atom. The molecule has 0 aromatic heterocycles. The fourth-order valence-electron chi connectivity index (χ4n) is 2.77. The van der Waals surface area contributed by atoms with E-state index in [-0.39, 0.29) is 28.7 Å². The molecule has 0 saturated heterocycles. The number of benzene rings is 1. The summed E-state index contributed by atoms with van der Waals surface area (Å²) < 4.78 is 23.0. The van der Waals surface area contributed by atoms with E-state index in [4.69, 9.17) is 0 Å². The van der Waals surface area contributed by atoms with Crippen LogP contribution in [0, 0.1) is 16.0 Å². The number of sulfone groups is 1. The number of nitrogens with one attached hydrogen (secondary N) is 1. The van der Waals surface area contributed by atoms with Crippen LogP contribution in [0.25, 0.3) is 0 Å². The maximum Gasteiger partial charge on any atom is 0.293 e. The lowest BCUT2D eigenvalue weighted by molar-refractivity contribution is -0.384. The molecule has 0 radical (unpaired) electrons. The molecule has 0 amide bonds. The summed E-state index contributed by atoms with van der Waals surface area (Å²) in [5, 5.41) is 24.1. The average molecular weight is 328 g/mol. The van der Waals surface area contributed by atoms with Crippen LogP contribution in [0.15, 0.2) is 23.1 Å². The second kappa shape index (κ2) is 6.62. The van der Waals surface area contributed by atoms with Gasteiger partial charge in [-0.3, -0.25) is 10.1 Å². The maximum atomic E-state index is 11.5. The highest BCUT2D eigenvalue weighted by molar-refractivity contribution is 7.90. The molecule has 1 aliphatic rings. The summed E-state index contributed by atoms with van der Waals surface area (Å²) in [6.07, 6.45) is 4.59. The molecule has 7 nitrogen and oxygen atoms in total. The fourth-order valence-corrected chi connectivity index (χ4v) is 3.41. The van der Waals surface area contributed by atoms with E-state index in [9.17, 15) is 23.6 Å². The van der Waals surface area contributed by atoms with Crippen molar-refractivity contribution in [3.63, 3.8) is 0 Å². The SMILES string of the molecule is CS(=O)(=O)c1ccc(NCC(O)C2CCCC2)c([N+](=O)[O-])c1. The van der Waals surface area contributed by atoms with Crippen LogP contribution in [0.5, 0.6) is 0 Å². The van der Waals surface area contributed by atoms with Crippen LogP contribution in [-0.2, 0) is 9.84 Å². The Balaban J connectivity index is 2.14. The number of rotatable bonds is 6. The first-order valence-corrected chi connectivity index (χ1v) is 9.08. The molecule has 1 aromatic carbocycles. The summed E-state index contributed by atoms with van der Waals surface area (Å²) in [4.78, 5) is 10.4. The van der Waals surface area contributed by atoms with Crippen molar-refractivity contribution in [1.82, 2.24) is 0 Å². The van der Waals surface area contributed by atoms with Crippen molar-refractivity contribution in [2.24, 2.45) is 5.92 Å². The normalized spacial score (nSPS) is 17.4. The third-order valence-electron chi connectivity index (χ3n) is 4.04. The Morgan fingerprint density at radius 3 is 2.59 bits per heavy atom. The summed E-state index contributed by atoms with van der Waals surface area (Å²) in [6.45, 7) is 0.212. The number of nitro groups is 1. The molecule has 1 atom stereocenters. The number of nitro benzene ring substituents is 1. The van der Waals surface area contributed by atoms with E-state index in [1.807, 2.05) is 0 Å². The lowest BCUT2D eigenvalue weighted by Gasteiger charge is -2.18. The second-order valence-corrected chi connectivity index (χ2v) is 7.72. The van der Waals surface area contributed by atoms with Gasteiger partial charge in [-0.15, -0.1) is 0 Å². The van der Waals surface area contributed by atoms with Gasteiger partial charge in [-0.05, 0) is 30.9 Å². The average Bonchev–Trinajstić information content (AvgIpc) is 2.97. The fraction of sp³-hybridized carbons (Fsp3) is 0.571. The van der Waals surface area contributed by atoms with E-state index >= 15 is 0 Å². The molecule has 1 saturated carbocycles. The molecule has 22 heavy (non-hydrogen) atoms. The zero-order valence-corrected chi connectivity index (χ0v) is 13.2. The van der Waals surface area contributed by atoms with Crippen molar-refractivity contribution in [3.05, 3.63) is 28.3 Å². The van der Waals surface area contributed by atoms with Crippen molar-refractivity contribution >= 4 is 21.2 Å². The molecule has 2 rings (SSSR count). The van der Waals surface area contributed by atoms with E-state index in [1.54, 1.807) is 0 Å². The smallest absolute Gasteiger partial charge is 0.293 e. The Bertz CT molecular complexity index is 653. The predicted octanol–water partition coefficient (Wildman–Crippen LogP) is 1.96. The number of hydrogen-bond acceptors (Lipinski definition) is 6. The first kappa shape index (κ1) is 16.7. The molecule has 2 N–H and O–H groups in total. The zero-order valence-electron chi connectivity index (χ0n) is 12.4. The van der Waals surface area contributed by atoms with Gasteiger partial charge in [-0.2, -0.15) is 0 Å². The van der Waals surface area contributed by atoms with Gasteiger partial charge in [0, 0.05) is 18.9 Å².